The minimum Gasteiger partial charge on any atom is -0.767 e. The predicted octanol–water partition coefficient (Wildman–Crippen LogP) is -0.333. The average molecular weight is 120 g/mol. The first-order chi connectivity index (χ1) is 3.12. The molecule has 0 N–H and O–H groups in total. The van der Waals surface area contributed by atoms with Gasteiger partial charge < -0.3 is 9.42 Å². The van der Waals surface area contributed by atoms with Crippen molar-refractivity contribution in [2.45, 2.75) is 0 Å². The van der Waals surface area contributed by atoms with Gasteiger partial charge in [-0.15, -0.1) is 0 Å². The van der Waals surface area contributed by atoms with Crippen molar-refractivity contribution in [1.82, 2.24) is 0 Å². The van der Waals surface area contributed by atoms with Crippen LogP contribution in [0.2, 0.25) is 0 Å². The molecular weight excluding hydrogens is 117 g/mol. The summed E-state index contributed by atoms with van der Waals surface area (Å²) >= 11 is 0. The molecule has 0 saturated heterocycles. The van der Waals surface area contributed by atoms with E-state index in [0.29, 0.717) is 0 Å². The first-order valence-electron chi connectivity index (χ1n) is 1.40. The quantitative estimate of drug-likeness (QED) is 0.444. The number of nitriles is 1. The molecule has 0 rings (SSSR count). The highest BCUT2D eigenvalue weighted by Gasteiger charge is 1.98. The zero-order valence-corrected chi connectivity index (χ0v) is 4.51. The molecule has 1 unspecified atom stereocenters. The third-order valence-electron chi connectivity index (χ3n) is 0.363. The van der Waals surface area contributed by atoms with Gasteiger partial charge in [0.05, 0.1) is 0 Å². The van der Waals surface area contributed by atoms with Crippen LogP contribution in [0.3, 0.4) is 0 Å². The largest absolute Gasteiger partial charge is 0.767 e. The van der Waals surface area contributed by atoms with E-state index < -0.39 is 7.60 Å². The summed E-state index contributed by atoms with van der Waals surface area (Å²) in [4.78, 5) is 9.81. The fraction of sp³-hybridized carbons (Fsp3) is 0.500. The molecule has 0 amide bonds. The van der Waals surface area contributed by atoms with Gasteiger partial charge in [0.1, 0.15) is 5.81 Å². The molecule has 0 spiro atoms. The van der Waals surface area contributed by atoms with Gasteiger partial charge in [-0.2, -0.15) is 5.26 Å². The van der Waals surface area contributed by atoms with Gasteiger partial charge in [-0.1, -0.05) is 0 Å². The summed E-state index contributed by atoms with van der Waals surface area (Å²) in [6, 6.07) is 0. The molecule has 0 aliphatic heterocycles. The Morgan fingerprint density at radius 3 is 2.43 bits per heavy atom. The second-order valence-electron chi connectivity index (χ2n) is 0.780. The van der Waals surface area contributed by atoms with Gasteiger partial charge in [0.25, 0.3) is 0 Å². The Bertz CT molecular complexity index is 136. The Labute approximate surface area is 40.9 Å². The van der Waals surface area contributed by atoms with Crippen molar-refractivity contribution in [2.24, 2.45) is 0 Å². The van der Waals surface area contributed by atoms with Gasteiger partial charge in [-0.25, -0.2) is 0 Å². The molecule has 7 heavy (non-hydrogen) atoms. The SMILES string of the molecule is COP(=O)([O-])C#N. The minimum absolute atomic E-state index is 0.941. The molecule has 0 radical (unpaired) electrons. The van der Waals surface area contributed by atoms with Gasteiger partial charge in [0.15, 0.2) is 0 Å². The summed E-state index contributed by atoms with van der Waals surface area (Å²) < 4.78 is 13.5. The summed E-state index contributed by atoms with van der Waals surface area (Å²) in [7, 11) is -3.16. The van der Waals surface area contributed by atoms with Crippen molar-refractivity contribution in [3.8, 4) is 5.81 Å². The number of nitrogens with zero attached hydrogens (tertiary/aromatic N) is 1. The van der Waals surface area contributed by atoms with Gasteiger partial charge in [-0.05, 0) is 0 Å². The lowest BCUT2D eigenvalue weighted by Crippen LogP contribution is -1.97. The van der Waals surface area contributed by atoms with Crippen molar-refractivity contribution in [3.63, 3.8) is 0 Å². The number of rotatable bonds is 1. The van der Waals surface area contributed by atoms with Crippen LogP contribution in [0.25, 0.3) is 0 Å². The molecule has 0 fully saturated rings. The standard InChI is InChI=1S/C2H4NO3P/c1-6-7(4,5)2-3/h1H3,(H,4,5)/p-1. The monoisotopic (exact) mass is 120 g/mol. The molecule has 0 bridgehead atoms. The van der Waals surface area contributed by atoms with Gasteiger partial charge in [0.2, 0.25) is 7.60 Å². The smallest absolute Gasteiger partial charge is 0.235 e. The highest BCUT2D eigenvalue weighted by Crippen LogP contribution is 2.32. The van der Waals surface area contributed by atoms with Gasteiger partial charge >= 0.3 is 0 Å². The molecule has 0 aromatic heterocycles. The van der Waals surface area contributed by atoms with E-state index >= 15 is 0 Å². The van der Waals surface area contributed by atoms with Crippen LogP contribution in [0.15, 0.2) is 0 Å². The van der Waals surface area contributed by atoms with E-state index in [1.165, 1.54) is 0 Å². The Morgan fingerprint density at radius 1 is 2.00 bits per heavy atom. The zero-order chi connectivity index (χ0) is 5.91. The van der Waals surface area contributed by atoms with E-state index in [9.17, 15) is 9.46 Å². The Kier molecular flexibility index (Phi) is 1.97. The average Bonchev–Trinajstić information content (AvgIpc) is 1.68. The van der Waals surface area contributed by atoms with Crippen molar-refractivity contribution in [1.29, 1.82) is 5.26 Å². The van der Waals surface area contributed by atoms with Crippen molar-refractivity contribution < 1.29 is 14.0 Å². The fourth-order valence-electron chi connectivity index (χ4n) is 0.0408. The van der Waals surface area contributed by atoms with Crippen LogP contribution < -0.4 is 4.89 Å². The second kappa shape index (κ2) is 2.08. The summed E-state index contributed by atoms with van der Waals surface area (Å²) in [6.07, 6.45) is 0. The zero-order valence-electron chi connectivity index (χ0n) is 3.62. The van der Waals surface area contributed by atoms with Crippen molar-refractivity contribution in [2.75, 3.05) is 7.11 Å². The maximum absolute atomic E-state index is 9.81. The molecule has 0 aliphatic rings. The van der Waals surface area contributed by atoms with E-state index in [1.54, 1.807) is 0 Å². The van der Waals surface area contributed by atoms with E-state index in [4.69, 9.17) is 5.26 Å². The highest BCUT2D eigenvalue weighted by atomic mass is 31.2. The maximum Gasteiger partial charge on any atom is 0.235 e. The molecule has 1 atom stereocenters. The lowest BCUT2D eigenvalue weighted by atomic mass is 11.8. The number of hydrogen-bond acceptors (Lipinski definition) is 4. The van der Waals surface area contributed by atoms with Crippen LogP contribution in [0, 0.1) is 11.1 Å². The Hall–Kier alpha value is -0.360. The second-order valence-corrected chi connectivity index (χ2v) is 2.34. The third kappa shape index (κ3) is 2.35. The predicted molar refractivity (Wildman–Crippen MR) is 20.2 cm³/mol. The summed E-state index contributed by atoms with van der Waals surface area (Å²) in [5.74, 6) is 0.969. The molecular formula is C2H3NO3P-. The highest BCUT2D eigenvalue weighted by molar-refractivity contribution is 7.56. The van der Waals surface area contributed by atoms with E-state index in [0.717, 1.165) is 12.9 Å². The van der Waals surface area contributed by atoms with Gasteiger partial charge in [-0.3, -0.25) is 4.57 Å². The van der Waals surface area contributed by atoms with Crippen LogP contribution in [0.5, 0.6) is 0 Å². The lowest BCUT2D eigenvalue weighted by Gasteiger charge is -2.08. The molecule has 0 aromatic carbocycles. The molecule has 0 heterocycles. The first-order valence-corrected chi connectivity index (χ1v) is 2.95. The van der Waals surface area contributed by atoms with Crippen LogP contribution in [-0.2, 0) is 9.09 Å². The van der Waals surface area contributed by atoms with Crippen LogP contribution in [0.4, 0.5) is 0 Å². The van der Waals surface area contributed by atoms with Gasteiger partial charge in [0, 0.05) is 7.11 Å². The van der Waals surface area contributed by atoms with Crippen molar-refractivity contribution >= 4 is 7.60 Å². The maximum atomic E-state index is 9.81. The molecule has 0 aromatic rings. The molecule has 40 valence electrons. The minimum atomic E-state index is -4.10. The van der Waals surface area contributed by atoms with E-state index in [1.807, 2.05) is 0 Å². The lowest BCUT2D eigenvalue weighted by molar-refractivity contribution is -0.191. The normalized spacial score (nSPS) is 17.3. The first kappa shape index (κ1) is 6.64. The Morgan fingerprint density at radius 2 is 2.43 bits per heavy atom. The topological polar surface area (TPSA) is 73.2 Å². The summed E-state index contributed by atoms with van der Waals surface area (Å²) in [5.41, 5.74) is 0. The van der Waals surface area contributed by atoms with Crippen LogP contribution in [0.1, 0.15) is 0 Å². The summed E-state index contributed by atoms with van der Waals surface area (Å²) in [5, 5.41) is 7.64. The van der Waals surface area contributed by atoms with Crippen LogP contribution >= 0.6 is 7.60 Å². The third-order valence-corrected chi connectivity index (χ3v) is 1.09. The van der Waals surface area contributed by atoms with Crippen molar-refractivity contribution in [3.05, 3.63) is 0 Å². The fourth-order valence-corrected chi connectivity index (χ4v) is 0.122. The molecule has 0 saturated carbocycles. The molecule has 0 aliphatic carbocycles. The van der Waals surface area contributed by atoms with E-state index in [2.05, 4.69) is 4.52 Å². The number of hydrogen-bond donors (Lipinski definition) is 0. The summed E-state index contributed by atoms with van der Waals surface area (Å²) in [6.45, 7) is 0. The van der Waals surface area contributed by atoms with Crippen LogP contribution in [-0.4, -0.2) is 7.11 Å². The molecule has 5 heteroatoms. The van der Waals surface area contributed by atoms with E-state index in [-0.39, 0.29) is 0 Å². The Balaban J connectivity index is 3.94. The molecule has 4 nitrogen and oxygen atoms in total.